The monoisotopic (exact) mass is 286 g/mol. The predicted octanol–water partition coefficient (Wildman–Crippen LogP) is 2.10. The van der Waals surface area contributed by atoms with Crippen LogP contribution in [0.1, 0.15) is 39.5 Å². The fraction of sp³-hybridized carbons (Fsp3) is 0.667. The largest absolute Gasteiger partial charge is 0.354 e. The zero-order valence-electron chi connectivity index (χ0n) is 12.7. The summed E-state index contributed by atoms with van der Waals surface area (Å²) in [6, 6.07) is 3.32. The SMILES string of the molecule is CC1CCCN1c1cc(N2CCCC2C)n2ncnc2n1. The van der Waals surface area contributed by atoms with Gasteiger partial charge >= 0.3 is 0 Å². The molecule has 21 heavy (non-hydrogen) atoms. The van der Waals surface area contributed by atoms with Gasteiger partial charge in [0.1, 0.15) is 18.0 Å². The molecule has 0 bridgehead atoms. The average Bonchev–Trinajstić information content (AvgIpc) is 3.17. The van der Waals surface area contributed by atoms with Crippen molar-refractivity contribution in [2.75, 3.05) is 22.9 Å². The van der Waals surface area contributed by atoms with Crippen molar-refractivity contribution >= 4 is 17.4 Å². The van der Waals surface area contributed by atoms with Gasteiger partial charge in [0.05, 0.1) is 0 Å². The second-order valence-corrected chi connectivity index (χ2v) is 6.31. The Labute approximate surface area is 124 Å². The van der Waals surface area contributed by atoms with E-state index in [4.69, 9.17) is 4.98 Å². The summed E-state index contributed by atoms with van der Waals surface area (Å²) in [5, 5.41) is 4.37. The number of hydrogen-bond acceptors (Lipinski definition) is 5. The van der Waals surface area contributed by atoms with Gasteiger partial charge < -0.3 is 9.80 Å². The van der Waals surface area contributed by atoms with Gasteiger partial charge in [0, 0.05) is 31.2 Å². The minimum atomic E-state index is 0.559. The average molecular weight is 286 g/mol. The number of hydrogen-bond donors (Lipinski definition) is 0. The Kier molecular flexibility index (Phi) is 2.97. The van der Waals surface area contributed by atoms with E-state index in [0.29, 0.717) is 17.9 Å². The molecule has 0 spiro atoms. The van der Waals surface area contributed by atoms with Gasteiger partial charge in [0.25, 0.3) is 5.78 Å². The molecule has 2 aromatic heterocycles. The van der Waals surface area contributed by atoms with E-state index in [1.807, 2.05) is 4.52 Å². The first-order valence-corrected chi connectivity index (χ1v) is 7.98. The lowest BCUT2D eigenvalue weighted by Crippen LogP contribution is -2.31. The van der Waals surface area contributed by atoms with Crippen LogP contribution in [0.5, 0.6) is 0 Å². The van der Waals surface area contributed by atoms with Crippen molar-refractivity contribution in [3.05, 3.63) is 12.4 Å². The molecule has 4 rings (SSSR count). The molecule has 2 aromatic rings. The van der Waals surface area contributed by atoms with Crippen molar-refractivity contribution in [3.63, 3.8) is 0 Å². The molecule has 6 nitrogen and oxygen atoms in total. The molecule has 0 aliphatic carbocycles. The van der Waals surface area contributed by atoms with E-state index in [2.05, 4.69) is 39.8 Å². The van der Waals surface area contributed by atoms with Crippen LogP contribution >= 0.6 is 0 Å². The topological polar surface area (TPSA) is 49.6 Å². The van der Waals surface area contributed by atoms with E-state index in [1.54, 1.807) is 6.33 Å². The van der Waals surface area contributed by atoms with E-state index in [1.165, 1.54) is 25.7 Å². The third-order valence-corrected chi connectivity index (χ3v) is 4.91. The van der Waals surface area contributed by atoms with Crippen molar-refractivity contribution < 1.29 is 0 Å². The van der Waals surface area contributed by atoms with Crippen LogP contribution in [0, 0.1) is 0 Å². The van der Waals surface area contributed by atoms with Crippen molar-refractivity contribution in [1.29, 1.82) is 0 Å². The summed E-state index contributed by atoms with van der Waals surface area (Å²) in [7, 11) is 0. The van der Waals surface area contributed by atoms with Crippen molar-refractivity contribution in [2.45, 2.75) is 51.6 Å². The molecule has 2 aliphatic heterocycles. The number of anilines is 2. The Hall–Kier alpha value is -1.85. The van der Waals surface area contributed by atoms with Crippen LogP contribution in [0.4, 0.5) is 11.6 Å². The molecule has 2 atom stereocenters. The van der Waals surface area contributed by atoms with Gasteiger partial charge in [-0.1, -0.05) is 0 Å². The van der Waals surface area contributed by atoms with Crippen LogP contribution < -0.4 is 9.80 Å². The lowest BCUT2D eigenvalue weighted by atomic mass is 10.2. The van der Waals surface area contributed by atoms with Crippen molar-refractivity contribution in [2.24, 2.45) is 0 Å². The van der Waals surface area contributed by atoms with Gasteiger partial charge in [-0.25, -0.2) is 0 Å². The number of rotatable bonds is 2. The molecular weight excluding hydrogens is 264 g/mol. The molecule has 0 N–H and O–H groups in total. The van der Waals surface area contributed by atoms with Crippen molar-refractivity contribution in [1.82, 2.24) is 19.6 Å². The Morgan fingerprint density at radius 1 is 1.05 bits per heavy atom. The summed E-state index contributed by atoms with van der Waals surface area (Å²) in [6.07, 6.45) is 6.58. The lowest BCUT2D eigenvalue weighted by Gasteiger charge is -2.27. The summed E-state index contributed by atoms with van der Waals surface area (Å²) < 4.78 is 1.88. The molecule has 2 unspecified atom stereocenters. The zero-order chi connectivity index (χ0) is 14.4. The first kappa shape index (κ1) is 12.9. The smallest absolute Gasteiger partial charge is 0.256 e. The Morgan fingerprint density at radius 3 is 2.43 bits per heavy atom. The van der Waals surface area contributed by atoms with E-state index in [0.717, 1.165) is 24.7 Å². The van der Waals surface area contributed by atoms with Gasteiger partial charge in [-0.2, -0.15) is 19.6 Å². The molecular formula is C15H22N6. The standard InChI is InChI=1S/C15H22N6/c1-11-5-3-7-19(11)13-9-14(20-8-4-6-12(20)2)21-15(18-13)16-10-17-21/h9-12H,3-8H2,1-2H3. The summed E-state index contributed by atoms with van der Waals surface area (Å²) in [4.78, 5) is 13.9. The quantitative estimate of drug-likeness (QED) is 0.846. The summed E-state index contributed by atoms with van der Waals surface area (Å²) >= 11 is 0. The number of aromatic nitrogens is 4. The van der Waals surface area contributed by atoms with Gasteiger partial charge in [-0.15, -0.1) is 0 Å². The summed E-state index contributed by atoms with van der Waals surface area (Å²) in [5.74, 6) is 2.90. The summed E-state index contributed by atoms with van der Waals surface area (Å²) in [5.41, 5.74) is 0. The van der Waals surface area contributed by atoms with Crippen LogP contribution in [0.2, 0.25) is 0 Å². The normalized spacial score (nSPS) is 26.2. The lowest BCUT2D eigenvalue weighted by molar-refractivity contribution is 0.704. The highest BCUT2D eigenvalue weighted by Gasteiger charge is 2.27. The van der Waals surface area contributed by atoms with Crippen molar-refractivity contribution in [3.8, 4) is 0 Å². The molecule has 2 fully saturated rings. The minimum absolute atomic E-state index is 0.559. The van der Waals surface area contributed by atoms with E-state index in [-0.39, 0.29) is 0 Å². The van der Waals surface area contributed by atoms with Gasteiger partial charge in [-0.3, -0.25) is 0 Å². The van der Waals surface area contributed by atoms with Gasteiger partial charge in [0.2, 0.25) is 0 Å². The Bertz CT molecular complexity index is 651. The molecule has 6 heteroatoms. The second-order valence-electron chi connectivity index (χ2n) is 6.31. The van der Waals surface area contributed by atoms with Crippen LogP contribution in [-0.4, -0.2) is 44.8 Å². The molecule has 2 saturated heterocycles. The van der Waals surface area contributed by atoms with Gasteiger partial charge in [-0.05, 0) is 39.5 Å². The zero-order valence-corrected chi connectivity index (χ0v) is 12.7. The highest BCUT2D eigenvalue weighted by molar-refractivity contribution is 5.58. The van der Waals surface area contributed by atoms with E-state index >= 15 is 0 Å². The van der Waals surface area contributed by atoms with Gasteiger partial charge in [0.15, 0.2) is 0 Å². The highest BCUT2D eigenvalue weighted by Crippen LogP contribution is 2.30. The highest BCUT2D eigenvalue weighted by atomic mass is 15.4. The third-order valence-electron chi connectivity index (χ3n) is 4.91. The fourth-order valence-corrected chi connectivity index (χ4v) is 3.68. The molecule has 0 aromatic carbocycles. The van der Waals surface area contributed by atoms with Crippen LogP contribution in [0.3, 0.4) is 0 Å². The number of nitrogens with zero attached hydrogens (tertiary/aromatic N) is 6. The predicted molar refractivity (Wildman–Crippen MR) is 82.9 cm³/mol. The molecule has 0 amide bonds. The summed E-state index contributed by atoms with van der Waals surface area (Å²) in [6.45, 7) is 6.75. The maximum atomic E-state index is 4.71. The van der Waals surface area contributed by atoms with Crippen LogP contribution in [-0.2, 0) is 0 Å². The maximum absolute atomic E-state index is 4.71. The Balaban J connectivity index is 1.82. The molecule has 112 valence electrons. The van der Waals surface area contributed by atoms with Crippen LogP contribution in [0.15, 0.2) is 12.4 Å². The fourth-order valence-electron chi connectivity index (χ4n) is 3.68. The second kappa shape index (κ2) is 4.86. The molecule has 0 saturated carbocycles. The minimum Gasteiger partial charge on any atom is -0.354 e. The number of fused-ring (bicyclic) bond motifs is 1. The molecule has 4 heterocycles. The molecule has 0 radical (unpaired) electrons. The van der Waals surface area contributed by atoms with Crippen LogP contribution in [0.25, 0.3) is 5.78 Å². The third kappa shape index (κ3) is 2.04. The molecule has 2 aliphatic rings. The first-order chi connectivity index (χ1) is 10.2. The maximum Gasteiger partial charge on any atom is 0.256 e. The first-order valence-electron chi connectivity index (χ1n) is 7.98. The van der Waals surface area contributed by atoms with E-state index < -0.39 is 0 Å². The Morgan fingerprint density at radius 2 is 1.76 bits per heavy atom. The van der Waals surface area contributed by atoms with E-state index in [9.17, 15) is 0 Å².